The Hall–Kier alpha value is -4.05. The molecule has 0 saturated heterocycles. The summed E-state index contributed by atoms with van der Waals surface area (Å²) in [5, 5.41) is 9.48. The van der Waals surface area contributed by atoms with Crippen molar-refractivity contribution in [2.75, 3.05) is 33.2 Å². The molecule has 2 N–H and O–H groups in total. The lowest BCUT2D eigenvalue weighted by Gasteiger charge is -2.16. The maximum absolute atomic E-state index is 12.9. The minimum Gasteiger partial charge on any atom is -0.496 e. The van der Waals surface area contributed by atoms with Gasteiger partial charge in [-0.05, 0) is 31.2 Å². The van der Waals surface area contributed by atoms with Crippen molar-refractivity contribution in [2.24, 2.45) is 7.05 Å². The van der Waals surface area contributed by atoms with Crippen molar-refractivity contribution >= 4 is 17.6 Å². The summed E-state index contributed by atoms with van der Waals surface area (Å²) in [7, 11) is 6.36. The van der Waals surface area contributed by atoms with Crippen LogP contribution < -0.4 is 24.8 Å². The third-order valence-electron chi connectivity index (χ3n) is 4.72. The Kier molecular flexibility index (Phi) is 8.10. The highest BCUT2D eigenvalue weighted by atomic mass is 16.5. The van der Waals surface area contributed by atoms with Crippen LogP contribution in [0.25, 0.3) is 0 Å². The first-order valence-corrected chi connectivity index (χ1v) is 10.5. The SMILES string of the molecule is CNC(=O)c1ccc(Oc2cc(OC(C)COC)cc(C(=O)Nc3ccn(C)n3)c2)cc1OC. The van der Waals surface area contributed by atoms with Crippen LogP contribution in [0.4, 0.5) is 5.82 Å². The van der Waals surface area contributed by atoms with E-state index in [1.807, 2.05) is 6.92 Å². The average molecular weight is 469 g/mol. The van der Waals surface area contributed by atoms with Crippen molar-refractivity contribution in [3.63, 3.8) is 0 Å². The Morgan fingerprint density at radius 1 is 1.03 bits per heavy atom. The largest absolute Gasteiger partial charge is 0.496 e. The monoisotopic (exact) mass is 468 g/mol. The van der Waals surface area contributed by atoms with Gasteiger partial charge in [-0.1, -0.05) is 0 Å². The van der Waals surface area contributed by atoms with Gasteiger partial charge in [-0.25, -0.2) is 0 Å². The van der Waals surface area contributed by atoms with Gasteiger partial charge in [-0.3, -0.25) is 14.3 Å². The number of nitrogens with one attached hydrogen (secondary N) is 2. The molecule has 3 aromatic rings. The summed E-state index contributed by atoms with van der Waals surface area (Å²) >= 11 is 0. The molecule has 0 aliphatic rings. The van der Waals surface area contributed by atoms with Gasteiger partial charge in [0.25, 0.3) is 11.8 Å². The number of methoxy groups -OCH3 is 2. The predicted octanol–water partition coefficient (Wildman–Crippen LogP) is 3.25. The normalized spacial score (nSPS) is 11.4. The lowest BCUT2D eigenvalue weighted by Crippen LogP contribution is -2.19. The molecule has 0 saturated carbocycles. The van der Waals surface area contributed by atoms with E-state index < -0.39 is 0 Å². The van der Waals surface area contributed by atoms with Crippen molar-refractivity contribution in [2.45, 2.75) is 13.0 Å². The second-order valence-electron chi connectivity index (χ2n) is 7.45. The first-order chi connectivity index (χ1) is 16.3. The minimum atomic E-state index is -0.374. The van der Waals surface area contributed by atoms with E-state index in [1.165, 1.54) is 7.11 Å². The molecule has 2 aromatic carbocycles. The highest BCUT2D eigenvalue weighted by Gasteiger charge is 2.16. The number of carbonyl (C=O) groups is 2. The Bertz CT molecular complexity index is 1160. The molecule has 1 aromatic heterocycles. The summed E-state index contributed by atoms with van der Waals surface area (Å²) in [6.07, 6.45) is 1.48. The second kappa shape index (κ2) is 11.2. The average Bonchev–Trinajstić information content (AvgIpc) is 3.22. The smallest absolute Gasteiger partial charge is 0.257 e. The predicted molar refractivity (Wildman–Crippen MR) is 126 cm³/mol. The van der Waals surface area contributed by atoms with Crippen LogP contribution >= 0.6 is 0 Å². The van der Waals surface area contributed by atoms with E-state index in [4.69, 9.17) is 18.9 Å². The van der Waals surface area contributed by atoms with Crippen molar-refractivity contribution in [1.82, 2.24) is 15.1 Å². The van der Waals surface area contributed by atoms with Gasteiger partial charge >= 0.3 is 0 Å². The zero-order chi connectivity index (χ0) is 24.7. The molecule has 3 rings (SSSR count). The fourth-order valence-corrected chi connectivity index (χ4v) is 3.19. The standard InChI is InChI=1S/C24H28N4O6/c1-15(14-31-4)33-18-10-16(23(29)26-22-8-9-28(3)27-22)11-19(12-18)34-17-6-7-20(24(30)25-2)21(13-17)32-5/h6-13,15H,14H2,1-5H3,(H,25,30)(H,26,27,29). The summed E-state index contributed by atoms with van der Waals surface area (Å²) in [5.74, 6) is 1.34. The van der Waals surface area contributed by atoms with Gasteiger partial charge in [0.1, 0.15) is 29.1 Å². The maximum Gasteiger partial charge on any atom is 0.257 e. The number of hydrogen-bond donors (Lipinski definition) is 2. The number of aromatic nitrogens is 2. The summed E-state index contributed by atoms with van der Waals surface area (Å²) in [4.78, 5) is 24.9. The molecule has 0 bridgehead atoms. The van der Waals surface area contributed by atoms with Crippen molar-refractivity contribution < 1.29 is 28.5 Å². The van der Waals surface area contributed by atoms with E-state index in [-0.39, 0.29) is 17.9 Å². The zero-order valence-electron chi connectivity index (χ0n) is 19.7. The topological polar surface area (TPSA) is 113 Å². The van der Waals surface area contributed by atoms with Crippen LogP contribution in [0.2, 0.25) is 0 Å². The molecule has 1 atom stereocenters. The van der Waals surface area contributed by atoms with Gasteiger partial charge in [-0.15, -0.1) is 0 Å². The van der Waals surface area contributed by atoms with Gasteiger partial charge in [0.05, 0.1) is 19.3 Å². The molecule has 0 aliphatic carbocycles. The molecule has 0 spiro atoms. The quantitative estimate of drug-likeness (QED) is 0.470. The zero-order valence-corrected chi connectivity index (χ0v) is 19.7. The van der Waals surface area contributed by atoms with Crippen LogP contribution in [0, 0.1) is 0 Å². The third kappa shape index (κ3) is 6.26. The molecule has 0 radical (unpaired) electrons. The first kappa shape index (κ1) is 24.6. The van der Waals surface area contributed by atoms with Gasteiger partial charge in [0.2, 0.25) is 0 Å². The number of hydrogen-bond acceptors (Lipinski definition) is 7. The van der Waals surface area contributed by atoms with E-state index in [0.29, 0.717) is 46.5 Å². The number of amides is 2. The molecule has 10 nitrogen and oxygen atoms in total. The lowest BCUT2D eigenvalue weighted by atomic mass is 10.1. The fraction of sp³-hybridized carbons (Fsp3) is 0.292. The molecular formula is C24H28N4O6. The first-order valence-electron chi connectivity index (χ1n) is 10.5. The molecule has 0 aliphatic heterocycles. The Morgan fingerprint density at radius 3 is 2.44 bits per heavy atom. The molecule has 0 fully saturated rings. The van der Waals surface area contributed by atoms with E-state index >= 15 is 0 Å². The number of carbonyl (C=O) groups excluding carboxylic acids is 2. The number of rotatable bonds is 10. The highest BCUT2D eigenvalue weighted by molar-refractivity contribution is 6.04. The van der Waals surface area contributed by atoms with Crippen LogP contribution in [0.5, 0.6) is 23.0 Å². The number of anilines is 1. The molecule has 180 valence electrons. The summed E-state index contributed by atoms with van der Waals surface area (Å²) < 4.78 is 24.0. The molecular weight excluding hydrogens is 440 g/mol. The summed E-state index contributed by atoms with van der Waals surface area (Å²) in [5.41, 5.74) is 0.690. The van der Waals surface area contributed by atoms with Gasteiger partial charge < -0.3 is 29.6 Å². The van der Waals surface area contributed by atoms with Crippen molar-refractivity contribution in [1.29, 1.82) is 0 Å². The third-order valence-corrected chi connectivity index (χ3v) is 4.72. The molecule has 10 heteroatoms. The van der Waals surface area contributed by atoms with Crippen LogP contribution in [-0.4, -0.2) is 55.6 Å². The molecule has 34 heavy (non-hydrogen) atoms. The number of benzene rings is 2. The molecule has 1 heterocycles. The summed E-state index contributed by atoms with van der Waals surface area (Å²) in [6, 6.07) is 11.4. The fourth-order valence-electron chi connectivity index (χ4n) is 3.19. The Balaban J connectivity index is 1.91. The van der Waals surface area contributed by atoms with Crippen molar-refractivity contribution in [3.8, 4) is 23.0 Å². The van der Waals surface area contributed by atoms with Gasteiger partial charge in [0, 0.05) is 51.2 Å². The lowest BCUT2D eigenvalue weighted by molar-refractivity contribution is 0.0915. The van der Waals surface area contributed by atoms with Gasteiger partial charge in [-0.2, -0.15) is 5.10 Å². The Labute approximate surface area is 197 Å². The Morgan fingerprint density at radius 2 is 1.79 bits per heavy atom. The van der Waals surface area contributed by atoms with E-state index in [9.17, 15) is 9.59 Å². The van der Waals surface area contributed by atoms with Crippen LogP contribution in [0.3, 0.4) is 0 Å². The number of nitrogens with zero attached hydrogens (tertiary/aromatic N) is 2. The number of aryl methyl sites for hydroxylation is 1. The molecule has 1 unspecified atom stereocenters. The van der Waals surface area contributed by atoms with Crippen LogP contribution in [0.1, 0.15) is 27.6 Å². The van der Waals surface area contributed by atoms with Crippen LogP contribution in [-0.2, 0) is 11.8 Å². The van der Waals surface area contributed by atoms with E-state index in [2.05, 4.69) is 15.7 Å². The van der Waals surface area contributed by atoms with Crippen molar-refractivity contribution in [3.05, 3.63) is 59.8 Å². The maximum atomic E-state index is 12.9. The molecule has 2 amide bonds. The second-order valence-corrected chi connectivity index (χ2v) is 7.45. The summed E-state index contributed by atoms with van der Waals surface area (Å²) in [6.45, 7) is 2.23. The van der Waals surface area contributed by atoms with Gasteiger partial charge in [0.15, 0.2) is 5.82 Å². The number of ether oxygens (including phenoxy) is 4. The van der Waals surface area contributed by atoms with Crippen LogP contribution in [0.15, 0.2) is 48.7 Å². The van der Waals surface area contributed by atoms with E-state index in [0.717, 1.165) is 0 Å². The minimum absolute atomic E-state index is 0.251. The van der Waals surface area contributed by atoms with E-state index in [1.54, 1.807) is 74.5 Å². The highest BCUT2D eigenvalue weighted by Crippen LogP contribution is 2.32.